The minimum atomic E-state index is -0.364. The molecule has 1 saturated heterocycles. The van der Waals surface area contributed by atoms with Gasteiger partial charge in [0.05, 0.1) is 0 Å². The predicted molar refractivity (Wildman–Crippen MR) is 100 cm³/mol. The number of amides is 2. The largest absolute Gasteiger partial charge is 0.368 e. The first-order chi connectivity index (χ1) is 12.7. The molecule has 1 fully saturated rings. The Labute approximate surface area is 150 Å². The number of ether oxygens (including phenoxy) is 1. The molecule has 1 atom stereocenters. The molecule has 2 amide bonds. The van der Waals surface area contributed by atoms with E-state index in [0.717, 1.165) is 23.7 Å². The molecule has 0 unspecified atom stereocenters. The molecule has 26 heavy (non-hydrogen) atoms. The molecule has 1 aliphatic rings. The molecule has 6 heteroatoms. The zero-order chi connectivity index (χ0) is 17.9. The van der Waals surface area contributed by atoms with Crippen molar-refractivity contribution < 1.29 is 14.3 Å². The normalized spacial score (nSPS) is 16.5. The van der Waals surface area contributed by atoms with Gasteiger partial charge in [-0.15, -0.1) is 0 Å². The van der Waals surface area contributed by atoms with Gasteiger partial charge in [0.25, 0.3) is 11.8 Å². The third-order valence-electron chi connectivity index (χ3n) is 4.41. The number of carbonyl (C=O) groups excluding carboxylic acids is 2. The Morgan fingerprint density at radius 1 is 1.00 bits per heavy atom. The van der Waals surface area contributed by atoms with Crippen molar-refractivity contribution in [3.8, 4) is 0 Å². The highest BCUT2D eigenvalue weighted by molar-refractivity contribution is 6.06. The topological polar surface area (TPSA) is 83.2 Å². The van der Waals surface area contributed by atoms with Crippen molar-refractivity contribution in [2.75, 3.05) is 17.2 Å². The van der Waals surface area contributed by atoms with Gasteiger partial charge in [0.1, 0.15) is 11.8 Å². The Bertz CT molecular complexity index is 907. The number of anilines is 2. The van der Waals surface area contributed by atoms with Crippen molar-refractivity contribution in [2.45, 2.75) is 18.9 Å². The van der Waals surface area contributed by atoms with Crippen molar-refractivity contribution in [3.05, 3.63) is 60.3 Å². The van der Waals surface area contributed by atoms with Crippen LogP contribution < -0.4 is 10.6 Å². The fraction of sp³-hybridized carbons (Fsp3) is 0.200. The van der Waals surface area contributed by atoms with E-state index in [1.165, 1.54) is 0 Å². The van der Waals surface area contributed by atoms with Crippen LogP contribution in [-0.2, 0) is 9.53 Å². The first-order valence-electron chi connectivity index (χ1n) is 8.61. The van der Waals surface area contributed by atoms with E-state index in [2.05, 4.69) is 15.6 Å². The Hall–Kier alpha value is -3.12. The monoisotopic (exact) mass is 349 g/mol. The van der Waals surface area contributed by atoms with Crippen LogP contribution in [0.2, 0.25) is 0 Å². The van der Waals surface area contributed by atoms with E-state index in [1.54, 1.807) is 24.3 Å². The van der Waals surface area contributed by atoms with Crippen LogP contribution in [0.4, 0.5) is 11.4 Å². The average Bonchev–Trinajstić information content (AvgIpc) is 3.33. The van der Waals surface area contributed by atoms with Gasteiger partial charge in [0.15, 0.2) is 0 Å². The molecule has 2 aromatic carbocycles. The zero-order valence-electron chi connectivity index (χ0n) is 14.1. The summed E-state index contributed by atoms with van der Waals surface area (Å²) in [7, 11) is 0. The number of carbonyl (C=O) groups is 2. The SMILES string of the molecule is O=C(Nc1ccc(NC(=O)[C@H]2CCCO2)cc1)c1cc2ccccc2[nH]1. The van der Waals surface area contributed by atoms with Crippen LogP contribution in [-0.4, -0.2) is 29.5 Å². The lowest BCUT2D eigenvalue weighted by molar-refractivity contribution is -0.124. The van der Waals surface area contributed by atoms with Gasteiger partial charge in [0.2, 0.25) is 0 Å². The maximum absolute atomic E-state index is 12.4. The predicted octanol–water partition coefficient (Wildman–Crippen LogP) is 3.54. The molecule has 132 valence electrons. The summed E-state index contributed by atoms with van der Waals surface area (Å²) < 4.78 is 5.36. The summed E-state index contributed by atoms with van der Waals surface area (Å²) in [6.07, 6.45) is 1.30. The quantitative estimate of drug-likeness (QED) is 0.674. The summed E-state index contributed by atoms with van der Waals surface area (Å²) in [5.41, 5.74) is 2.75. The van der Waals surface area contributed by atoms with Gasteiger partial charge in [0, 0.05) is 28.9 Å². The highest BCUT2D eigenvalue weighted by Crippen LogP contribution is 2.19. The molecule has 2 heterocycles. The maximum atomic E-state index is 12.4. The second kappa shape index (κ2) is 7.01. The van der Waals surface area contributed by atoms with E-state index in [9.17, 15) is 9.59 Å². The summed E-state index contributed by atoms with van der Waals surface area (Å²) in [5, 5.41) is 6.67. The number of nitrogens with one attached hydrogen (secondary N) is 3. The zero-order valence-corrected chi connectivity index (χ0v) is 14.1. The van der Waals surface area contributed by atoms with Crippen LogP contribution in [0.3, 0.4) is 0 Å². The summed E-state index contributed by atoms with van der Waals surface area (Å²) in [6.45, 7) is 0.636. The fourth-order valence-electron chi connectivity index (χ4n) is 3.04. The molecule has 0 saturated carbocycles. The molecule has 4 rings (SSSR count). The Balaban J connectivity index is 1.40. The first kappa shape index (κ1) is 16.4. The van der Waals surface area contributed by atoms with Gasteiger partial charge in [-0.2, -0.15) is 0 Å². The van der Waals surface area contributed by atoms with Crippen molar-refractivity contribution in [1.29, 1.82) is 0 Å². The number of benzene rings is 2. The summed E-state index contributed by atoms with van der Waals surface area (Å²) in [5.74, 6) is -0.338. The molecule has 3 N–H and O–H groups in total. The molecule has 0 radical (unpaired) electrons. The smallest absolute Gasteiger partial charge is 0.272 e. The molecule has 0 bridgehead atoms. The Morgan fingerprint density at radius 3 is 2.42 bits per heavy atom. The second-order valence-corrected chi connectivity index (χ2v) is 6.29. The van der Waals surface area contributed by atoms with Gasteiger partial charge >= 0.3 is 0 Å². The summed E-state index contributed by atoms with van der Waals surface area (Å²) in [4.78, 5) is 27.5. The molecule has 3 aromatic rings. The molecular weight excluding hydrogens is 330 g/mol. The van der Waals surface area contributed by atoms with Crippen LogP contribution in [0, 0.1) is 0 Å². The first-order valence-corrected chi connectivity index (χ1v) is 8.61. The van der Waals surface area contributed by atoms with Crippen LogP contribution in [0.25, 0.3) is 10.9 Å². The number of H-pyrrole nitrogens is 1. The Morgan fingerprint density at radius 2 is 1.73 bits per heavy atom. The van der Waals surface area contributed by atoms with Gasteiger partial charge in [-0.1, -0.05) is 18.2 Å². The van der Waals surface area contributed by atoms with Crippen LogP contribution in [0.15, 0.2) is 54.6 Å². The average molecular weight is 349 g/mol. The number of fused-ring (bicyclic) bond motifs is 1. The lowest BCUT2D eigenvalue weighted by Crippen LogP contribution is -2.26. The van der Waals surface area contributed by atoms with E-state index in [-0.39, 0.29) is 17.9 Å². The van der Waals surface area contributed by atoms with Gasteiger partial charge in [-0.25, -0.2) is 0 Å². The number of rotatable bonds is 4. The van der Waals surface area contributed by atoms with Crippen molar-refractivity contribution in [2.24, 2.45) is 0 Å². The minimum Gasteiger partial charge on any atom is -0.368 e. The van der Waals surface area contributed by atoms with E-state index in [4.69, 9.17) is 4.74 Å². The molecule has 6 nitrogen and oxygen atoms in total. The molecule has 0 aliphatic carbocycles. The van der Waals surface area contributed by atoms with Gasteiger partial charge < -0.3 is 20.4 Å². The Kier molecular flexibility index (Phi) is 4.41. The maximum Gasteiger partial charge on any atom is 0.272 e. The van der Waals surface area contributed by atoms with Crippen molar-refractivity contribution >= 4 is 34.1 Å². The molecule has 0 spiro atoms. The number of para-hydroxylation sites is 1. The number of aromatic amines is 1. The third kappa shape index (κ3) is 3.45. The summed E-state index contributed by atoms with van der Waals surface area (Å²) >= 11 is 0. The van der Waals surface area contributed by atoms with E-state index >= 15 is 0 Å². The van der Waals surface area contributed by atoms with Crippen molar-refractivity contribution in [1.82, 2.24) is 4.98 Å². The highest BCUT2D eigenvalue weighted by atomic mass is 16.5. The minimum absolute atomic E-state index is 0.127. The van der Waals surface area contributed by atoms with E-state index in [1.807, 2.05) is 30.3 Å². The van der Waals surface area contributed by atoms with Gasteiger partial charge in [-0.05, 0) is 49.2 Å². The van der Waals surface area contributed by atoms with Gasteiger partial charge in [-0.3, -0.25) is 9.59 Å². The third-order valence-corrected chi connectivity index (χ3v) is 4.41. The molecule has 1 aromatic heterocycles. The van der Waals surface area contributed by atoms with Crippen LogP contribution in [0.1, 0.15) is 23.3 Å². The lowest BCUT2D eigenvalue weighted by Gasteiger charge is -2.11. The second-order valence-electron chi connectivity index (χ2n) is 6.29. The fourth-order valence-corrected chi connectivity index (χ4v) is 3.04. The van der Waals surface area contributed by atoms with E-state index in [0.29, 0.717) is 23.7 Å². The number of hydrogen-bond acceptors (Lipinski definition) is 3. The van der Waals surface area contributed by atoms with Crippen molar-refractivity contribution in [3.63, 3.8) is 0 Å². The summed E-state index contributed by atoms with van der Waals surface area (Å²) in [6, 6.07) is 16.6. The lowest BCUT2D eigenvalue weighted by atomic mass is 10.2. The molecular formula is C20H19N3O3. The standard InChI is InChI=1S/C20H19N3O3/c24-19(17-12-13-4-1-2-5-16(13)23-17)21-14-7-9-15(10-8-14)22-20(25)18-6-3-11-26-18/h1-2,4-5,7-10,12,18,23H,3,6,11H2,(H,21,24)(H,22,25)/t18-/m1/s1. The van der Waals surface area contributed by atoms with Crippen LogP contribution >= 0.6 is 0 Å². The highest BCUT2D eigenvalue weighted by Gasteiger charge is 2.23. The van der Waals surface area contributed by atoms with E-state index < -0.39 is 0 Å². The number of aromatic nitrogens is 1. The molecule has 1 aliphatic heterocycles. The van der Waals surface area contributed by atoms with Crippen LogP contribution in [0.5, 0.6) is 0 Å². The number of hydrogen-bond donors (Lipinski definition) is 3.